The third-order valence-corrected chi connectivity index (χ3v) is 8.81. The zero-order chi connectivity index (χ0) is 24.4. The highest BCUT2D eigenvalue weighted by atomic mass is 32.1. The maximum Gasteiger partial charge on any atom is 0.125 e. The number of fused-ring (bicyclic) bond motifs is 4. The van der Waals surface area contributed by atoms with Crippen molar-refractivity contribution in [3.63, 3.8) is 0 Å². The lowest BCUT2D eigenvalue weighted by molar-refractivity contribution is 0.885. The zero-order valence-corrected chi connectivity index (χ0v) is 20.8. The molecule has 0 fully saturated rings. The highest BCUT2D eigenvalue weighted by molar-refractivity contribution is 7.26. The summed E-state index contributed by atoms with van der Waals surface area (Å²) in [5, 5.41) is 6.48. The number of aliphatic imine (C=N–C) groups is 1. The number of hydrogen-bond donors (Lipinski definition) is 1. The molecule has 0 bridgehead atoms. The Morgan fingerprint density at radius 1 is 0.730 bits per heavy atom. The quantitative estimate of drug-likeness (QED) is 0.262. The molecular formula is C34H22N2S. The Balaban J connectivity index is 1.26. The van der Waals surface area contributed by atoms with Crippen LogP contribution in [-0.4, -0.2) is 11.3 Å². The molecule has 174 valence electrons. The fraction of sp³-hybridized carbons (Fsp3) is 0.0294. The molecule has 3 aliphatic rings. The minimum Gasteiger partial charge on any atom is -0.365 e. The molecule has 3 heteroatoms. The van der Waals surface area contributed by atoms with Crippen LogP contribution in [0.1, 0.15) is 5.56 Å². The molecular weight excluding hydrogens is 468 g/mol. The number of allylic oxidation sites excluding steroid dienone is 4. The molecule has 8 rings (SSSR count). The first-order valence-corrected chi connectivity index (χ1v) is 13.4. The van der Waals surface area contributed by atoms with Crippen molar-refractivity contribution in [2.75, 3.05) is 5.32 Å². The van der Waals surface area contributed by atoms with Gasteiger partial charge in [0.15, 0.2) is 0 Å². The van der Waals surface area contributed by atoms with Gasteiger partial charge in [0.1, 0.15) is 5.54 Å². The number of para-hydroxylation sites is 2. The summed E-state index contributed by atoms with van der Waals surface area (Å²) in [4.78, 5) is 5.04. The predicted molar refractivity (Wildman–Crippen MR) is 159 cm³/mol. The van der Waals surface area contributed by atoms with E-state index in [1.54, 1.807) is 0 Å². The standard InChI is InChI=1S/C34H22N2S/c1-4-16-31-27(11-1)28-13-7-12-26(33(28)37-31)23-9-5-8-22(20-23)24-18-19-25-10-6-17-32-34(25,21-24)36-30-15-3-2-14-29(30)35-32/h1-21,36H. The molecule has 37 heavy (non-hydrogen) atoms. The topological polar surface area (TPSA) is 24.4 Å². The lowest BCUT2D eigenvalue weighted by atomic mass is 9.74. The maximum absolute atomic E-state index is 5.04. The summed E-state index contributed by atoms with van der Waals surface area (Å²) < 4.78 is 2.67. The molecule has 1 aliphatic heterocycles. The average molecular weight is 491 g/mol. The minimum absolute atomic E-state index is 0.464. The number of rotatable bonds is 2. The van der Waals surface area contributed by atoms with Crippen LogP contribution in [-0.2, 0) is 0 Å². The van der Waals surface area contributed by atoms with E-state index in [-0.39, 0.29) is 0 Å². The first-order valence-electron chi connectivity index (χ1n) is 12.6. The molecule has 1 unspecified atom stereocenters. The summed E-state index contributed by atoms with van der Waals surface area (Å²) in [6.07, 6.45) is 13.2. The van der Waals surface area contributed by atoms with Crippen LogP contribution in [0, 0.1) is 0 Å². The zero-order valence-electron chi connectivity index (χ0n) is 20.0. The van der Waals surface area contributed by atoms with Crippen molar-refractivity contribution in [1.82, 2.24) is 0 Å². The second-order valence-electron chi connectivity index (χ2n) is 9.72. The van der Waals surface area contributed by atoms with E-state index in [9.17, 15) is 0 Å². The van der Waals surface area contributed by atoms with Crippen LogP contribution in [0.3, 0.4) is 0 Å². The van der Waals surface area contributed by atoms with E-state index in [4.69, 9.17) is 4.99 Å². The van der Waals surface area contributed by atoms with Crippen LogP contribution in [0.15, 0.2) is 138 Å². The van der Waals surface area contributed by atoms with E-state index < -0.39 is 5.54 Å². The number of thiophene rings is 1. The molecule has 1 aromatic heterocycles. The van der Waals surface area contributed by atoms with Crippen LogP contribution in [0.25, 0.3) is 36.9 Å². The van der Waals surface area contributed by atoms with Crippen molar-refractivity contribution < 1.29 is 0 Å². The van der Waals surface area contributed by atoms with E-state index in [0.29, 0.717) is 0 Å². The van der Waals surface area contributed by atoms with E-state index >= 15 is 0 Å². The highest BCUT2D eigenvalue weighted by Crippen LogP contribution is 2.44. The van der Waals surface area contributed by atoms with Gasteiger partial charge in [-0.15, -0.1) is 11.3 Å². The molecule has 5 aromatic rings. The Kier molecular flexibility index (Phi) is 4.34. The van der Waals surface area contributed by atoms with Gasteiger partial charge in [0.25, 0.3) is 0 Å². The Morgan fingerprint density at radius 3 is 2.57 bits per heavy atom. The minimum atomic E-state index is -0.464. The molecule has 0 radical (unpaired) electrons. The van der Waals surface area contributed by atoms with E-state index in [0.717, 1.165) is 17.1 Å². The number of nitrogens with one attached hydrogen (secondary N) is 1. The summed E-state index contributed by atoms with van der Waals surface area (Å²) in [5.74, 6) is 0. The summed E-state index contributed by atoms with van der Waals surface area (Å²) in [6.45, 7) is 0. The summed E-state index contributed by atoms with van der Waals surface area (Å²) in [5.41, 5.74) is 8.73. The molecule has 4 aromatic carbocycles. The third kappa shape index (κ3) is 3.08. The average Bonchev–Trinajstić information content (AvgIpc) is 3.34. The first-order chi connectivity index (χ1) is 18.3. The molecule has 0 saturated carbocycles. The molecule has 1 spiro atoms. The maximum atomic E-state index is 5.04. The molecule has 1 N–H and O–H groups in total. The smallest absolute Gasteiger partial charge is 0.125 e. The number of benzene rings is 4. The molecule has 2 aliphatic carbocycles. The van der Waals surface area contributed by atoms with Crippen LogP contribution in [0.4, 0.5) is 11.4 Å². The Bertz CT molecular complexity index is 1910. The SMILES string of the molecule is C1=CC2=Nc3ccccc3NC23C=C(c2cccc(-c4cccc5c4sc4ccccc45)c2)C=CC3=C1. The lowest BCUT2D eigenvalue weighted by Gasteiger charge is -2.41. The number of anilines is 1. The van der Waals surface area contributed by atoms with Gasteiger partial charge in [0.2, 0.25) is 0 Å². The molecule has 1 atom stereocenters. The fourth-order valence-corrected chi connectivity index (χ4v) is 7.03. The van der Waals surface area contributed by atoms with Crippen LogP contribution in [0.2, 0.25) is 0 Å². The monoisotopic (exact) mass is 490 g/mol. The van der Waals surface area contributed by atoms with Gasteiger partial charge >= 0.3 is 0 Å². The van der Waals surface area contributed by atoms with Crippen molar-refractivity contribution in [3.8, 4) is 11.1 Å². The van der Waals surface area contributed by atoms with Crippen LogP contribution < -0.4 is 5.32 Å². The number of nitrogens with zero attached hydrogens (tertiary/aromatic N) is 1. The second-order valence-corrected chi connectivity index (χ2v) is 10.8. The first kappa shape index (κ1) is 20.7. The Hall–Kier alpha value is -4.47. The summed E-state index contributed by atoms with van der Waals surface area (Å²) >= 11 is 1.88. The number of hydrogen-bond acceptors (Lipinski definition) is 3. The van der Waals surface area contributed by atoms with Gasteiger partial charge in [0, 0.05) is 20.2 Å². The molecule has 2 heterocycles. The van der Waals surface area contributed by atoms with Gasteiger partial charge in [-0.05, 0) is 64.3 Å². The predicted octanol–water partition coefficient (Wildman–Crippen LogP) is 9.11. The van der Waals surface area contributed by atoms with Crippen LogP contribution in [0.5, 0.6) is 0 Å². The van der Waals surface area contributed by atoms with E-state index in [1.165, 1.54) is 48.0 Å². The van der Waals surface area contributed by atoms with Crippen LogP contribution >= 0.6 is 11.3 Å². The molecule has 0 amide bonds. The van der Waals surface area contributed by atoms with Gasteiger partial charge in [0.05, 0.1) is 17.1 Å². The van der Waals surface area contributed by atoms with Gasteiger partial charge < -0.3 is 5.32 Å². The molecule has 2 nitrogen and oxygen atoms in total. The van der Waals surface area contributed by atoms with E-state index in [2.05, 4.69) is 127 Å². The van der Waals surface area contributed by atoms with E-state index in [1.807, 2.05) is 17.4 Å². The highest BCUT2D eigenvalue weighted by Gasteiger charge is 2.41. The van der Waals surface area contributed by atoms with Crippen molar-refractivity contribution in [1.29, 1.82) is 0 Å². The van der Waals surface area contributed by atoms with Gasteiger partial charge in [-0.3, -0.25) is 0 Å². The van der Waals surface area contributed by atoms with Crippen molar-refractivity contribution in [3.05, 3.63) is 139 Å². The lowest BCUT2D eigenvalue weighted by Crippen LogP contribution is -2.48. The summed E-state index contributed by atoms with van der Waals surface area (Å²) in [6, 6.07) is 32.6. The Labute approximate surface area is 219 Å². The second kappa shape index (κ2) is 7.76. The van der Waals surface area contributed by atoms with Crippen molar-refractivity contribution in [2.45, 2.75) is 5.54 Å². The van der Waals surface area contributed by atoms with Gasteiger partial charge in [-0.25, -0.2) is 4.99 Å². The van der Waals surface area contributed by atoms with Gasteiger partial charge in [-0.2, -0.15) is 0 Å². The third-order valence-electron chi connectivity index (χ3n) is 7.59. The van der Waals surface area contributed by atoms with Gasteiger partial charge in [-0.1, -0.05) is 91.0 Å². The fourth-order valence-electron chi connectivity index (χ4n) is 5.80. The summed E-state index contributed by atoms with van der Waals surface area (Å²) in [7, 11) is 0. The Morgan fingerprint density at radius 2 is 1.57 bits per heavy atom. The largest absolute Gasteiger partial charge is 0.365 e. The van der Waals surface area contributed by atoms with Crippen molar-refractivity contribution in [2.24, 2.45) is 4.99 Å². The van der Waals surface area contributed by atoms with Crippen molar-refractivity contribution >= 4 is 54.2 Å². The normalized spacial score (nSPS) is 19.4. The molecule has 0 saturated heterocycles.